The molecule has 0 aliphatic heterocycles. The highest BCUT2D eigenvalue weighted by Gasteiger charge is 2.11. The Morgan fingerprint density at radius 3 is 2.38 bits per heavy atom. The van der Waals surface area contributed by atoms with Gasteiger partial charge in [0.25, 0.3) is 0 Å². The van der Waals surface area contributed by atoms with Gasteiger partial charge in [-0.3, -0.25) is 4.79 Å². The van der Waals surface area contributed by atoms with Crippen molar-refractivity contribution in [3.8, 4) is 0 Å². The number of carbonyl (C=O) groups is 2. The average molecular weight is 326 g/mol. The molecule has 5 heteroatoms. The largest absolute Gasteiger partial charge is 0.478 e. The van der Waals surface area contributed by atoms with E-state index in [9.17, 15) is 9.59 Å². The van der Waals surface area contributed by atoms with E-state index in [2.05, 4.69) is 19.2 Å². The Kier molecular flexibility index (Phi) is 5.95. The molecule has 0 bridgehead atoms. The molecule has 1 amide bonds. The van der Waals surface area contributed by atoms with Gasteiger partial charge in [0.15, 0.2) is 0 Å². The van der Waals surface area contributed by atoms with E-state index < -0.39 is 5.97 Å². The van der Waals surface area contributed by atoms with E-state index in [1.54, 1.807) is 22.9 Å². The van der Waals surface area contributed by atoms with E-state index in [4.69, 9.17) is 5.11 Å². The first kappa shape index (κ1) is 17.5. The van der Waals surface area contributed by atoms with Crippen LogP contribution in [0.15, 0.2) is 42.6 Å². The number of carbonyl (C=O) groups excluding carboxylic acids is 1. The number of aromatic nitrogens is 1. The first-order valence-electron chi connectivity index (χ1n) is 8.01. The lowest BCUT2D eigenvalue weighted by molar-refractivity contribution is -0.131. The normalized spacial score (nSPS) is 10.9. The molecular weight excluding hydrogens is 304 g/mol. The lowest BCUT2D eigenvalue weighted by Crippen LogP contribution is -2.20. The number of nitrogens with zero attached hydrogens (tertiary/aromatic N) is 1. The summed E-state index contributed by atoms with van der Waals surface area (Å²) < 4.78 is 1.72. The molecule has 2 N–H and O–H groups in total. The SMILES string of the molecule is CCc1cccc(CC)c1NC(=O)Cn1cccc1/C=C/C(=O)O. The summed E-state index contributed by atoms with van der Waals surface area (Å²) in [4.78, 5) is 23.1. The van der Waals surface area contributed by atoms with E-state index in [0.29, 0.717) is 5.69 Å². The Bertz CT molecular complexity index is 737. The lowest BCUT2D eigenvalue weighted by Gasteiger charge is -2.15. The highest BCUT2D eigenvalue weighted by Crippen LogP contribution is 2.22. The zero-order valence-corrected chi connectivity index (χ0v) is 14.0. The Labute approximate surface area is 141 Å². The minimum atomic E-state index is -1.02. The number of aryl methyl sites for hydroxylation is 2. The minimum absolute atomic E-state index is 0.132. The number of anilines is 1. The van der Waals surface area contributed by atoms with Crippen molar-refractivity contribution in [3.05, 3.63) is 59.4 Å². The van der Waals surface area contributed by atoms with Crippen molar-refractivity contribution >= 4 is 23.6 Å². The summed E-state index contributed by atoms with van der Waals surface area (Å²) >= 11 is 0. The first-order valence-corrected chi connectivity index (χ1v) is 8.01. The predicted octanol–water partition coefficient (Wildman–Crippen LogP) is 3.35. The number of carboxylic acids is 1. The number of para-hydroxylation sites is 1. The molecule has 0 fully saturated rings. The van der Waals surface area contributed by atoms with Crippen molar-refractivity contribution in [1.29, 1.82) is 0 Å². The summed E-state index contributed by atoms with van der Waals surface area (Å²) in [5.41, 5.74) is 3.79. The van der Waals surface area contributed by atoms with Crippen LogP contribution in [0.4, 0.5) is 5.69 Å². The van der Waals surface area contributed by atoms with Crippen LogP contribution < -0.4 is 5.32 Å². The summed E-state index contributed by atoms with van der Waals surface area (Å²) in [5.74, 6) is -1.15. The van der Waals surface area contributed by atoms with Gasteiger partial charge in [-0.05, 0) is 42.2 Å². The zero-order chi connectivity index (χ0) is 17.5. The highest BCUT2D eigenvalue weighted by molar-refractivity contribution is 5.92. The van der Waals surface area contributed by atoms with Crippen molar-refractivity contribution < 1.29 is 14.7 Å². The topological polar surface area (TPSA) is 71.3 Å². The van der Waals surface area contributed by atoms with Gasteiger partial charge in [-0.25, -0.2) is 4.79 Å². The van der Waals surface area contributed by atoms with Gasteiger partial charge in [-0.15, -0.1) is 0 Å². The summed E-state index contributed by atoms with van der Waals surface area (Å²) in [6, 6.07) is 9.60. The lowest BCUT2D eigenvalue weighted by atomic mass is 10.0. The van der Waals surface area contributed by atoms with Crippen LogP contribution in [0.5, 0.6) is 0 Å². The number of benzene rings is 1. The Morgan fingerprint density at radius 2 is 1.79 bits per heavy atom. The third-order valence-electron chi connectivity index (χ3n) is 3.84. The van der Waals surface area contributed by atoms with Crippen LogP contribution in [0.1, 0.15) is 30.7 Å². The molecule has 1 heterocycles. The molecule has 0 unspecified atom stereocenters. The fourth-order valence-corrected chi connectivity index (χ4v) is 2.62. The molecule has 0 atom stereocenters. The second-order valence-corrected chi connectivity index (χ2v) is 5.44. The Morgan fingerprint density at radius 1 is 1.12 bits per heavy atom. The van der Waals surface area contributed by atoms with Crippen molar-refractivity contribution in [1.82, 2.24) is 4.57 Å². The number of amides is 1. The molecule has 0 radical (unpaired) electrons. The highest BCUT2D eigenvalue weighted by atomic mass is 16.4. The van der Waals surface area contributed by atoms with Crippen molar-refractivity contribution in [3.63, 3.8) is 0 Å². The predicted molar refractivity (Wildman–Crippen MR) is 94.9 cm³/mol. The average Bonchev–Trinajstić information content (AvgIpc) is 3.00. The molecule has 0 saturated heterocycles. The molecule has 5 nitrogen and oxygen atoms in total. The third-order valence-corrected chi connectivity index (χ3v) is 3.84. The summed E-state index contributed by atoms with van der Waals surface area (Å²) in [6.45, 7) is 4.25. The van der Waals surface area contributed by atoms with Crippen LogP contribution in [0.3, 0.4) is 0 Å². The molecule has 0 spiro atoms. The molecule has 1 aromatic carbocycles. The fraction of sp³-hybridized carbons (Fsp3) is 0.263. The second-order valence-electron chi connectivity index (χ2n) is 5.44. The Hall–Kier alpha value is -2.82. The van der Waals surface area contributed by atoms with E-state index in [-0.39, 0.29) is 12.5 Å². The van der Waals surface area contributed by atoms with Crippen molar-refractivity contribution in [2.75, 3.05) is 5.32 Å². The van der Waals surface area contributed by atoms with E-state index >= 15 is 0 Å². The summed E-state index contributed by atoms with van der Waals surface area (Å²) in [6.07, 6.45) is 5.99. The zero-order valence-electron chi connectivity index (χ0n) is 14.0. The number of hydrogen-bond donors (Lipinski definition) is 2. The van der Waals surface area contributed by atoms with Crippen LogP contribution >= 0.6 is 0 Å². The van der Waals surface area contributed by atoms with Crippen molar-refractivity contribution in [2.24, 2.45) is 0 Å². The van der Waals surface area contributed by atoms with E-state index in [1.807, 2.05) is 18.2 Å². The van der Waals surface area contributed by atoms with E-state index in [1.165, 1.54) is 6.08 Å². The smallest absolute Gasteiger partial charge is 0.328 e. The molecule has 2 rings (SSSR count). The molecule has 0 aliphatic carbocycles. The summed E-state index contributed by atoms with van der Waals surface area (Å²) in [5, 5.41) is 11.7. The Balaban J connectivity index is 2.15. The maximum atomic E-state index is 12.4. The number of nitrogens with one attached hydrogen (secondary N) is 1. The van der Waals surface area contributed by atoms with Gasteiger partial charge < -0.3 is 15.0 Å². The molecule has 126 valence electrons. The molecule has 0 saturated carbocycles. The van der Waals surface area contributed by atoms with Crippen LogP contribution in [-0.4, -0.2) is 21.6 Å². The number of carboxylic acid groups (broad SMARTS) is 1. The number of aliphatic carboxylic acids is 1. The van der Waals surface area contributed by atoms with Crippen LogP contribution in [0, 0.1) is 0 Å². The van der Waals surface area contributed by atoms with Gasteiger partial charge in [0.05, 0.1) is 0 Å². The van der Waals surface area contributed by atoms with Gasteiger partial charge in [-0.1, -0.05) is 32.0 Å². The maximum Gasteiger partial charge on any atom is 0.328 e. The maximum absolute atomic E-state index is 12.4. The van der Waals surface area contributed by atoms with Gasteiger partial charge >= 0.3 is 5.97 Å². The fourth-order valence-electron chi connectivity index (χ4n) is 2.62. The standard InChI is InChI=1S/C19H22N2O3/c1-3-14-7-5-8-15(4-2)19(14)20-17(22)13-21-12-6-9-16(21)10-11-18(23)24/h5-12H,3-4,13H2,1-2H3,(H,20,22)(H,23,24)/b11-10+. The molecule has 1 aromatic heterocycles. The van der Waals surface area contributed by atoms with Crippen molar-refractivity contribution in [2.45, 2.75) is 33.2 Å². The monoisotopic (exact) mass is 326 g/mol. The van der Waals surface area contributed by atoms with Gasteiger partial charge in [0.1, 0.15) is 6.54 Å². The number of rotatable bonds is 7. The van der Waals surface area contributed by atoms with Gasteiger partial charge in [0, 0.05) is 23.7 Å². The molecular formula is C19H22N2O3. The molecule has 0 aliphatic rings. The van der Waals surface area contributed by atoms with Gasteiger partial charge in [-0.2, -0.15) is 0 Å². The van der Waals surface area contributed by atoms with Crippen LogP contribution in [0.25, 0.3) is 6.08 Å². The molecule has 2 aromatic rings. The second kappa shape index (κ2) is 8.15. The minimum Gasteiger partial charge on any atom is -0.478 e. The van der Waals surface area contributed by atoms with Crippen LogP contribution in [-0.2, 0) is 29.0 Å². The van der Waals surface area contributed by atoms with Crippen LogP contribution in [0.2, 0.25) is 0 Å². The molecule has 24 heavy (non-hydrogen) atoms. The summed E-state index contributed by atoms with van der Waals surface area (Å²) in [7, 11) is 0. The third kappa shape index (κ3) is 4.35. The van der Waals surface area contributed by atoms with E-state index in [0.717, 1.165) is 35.7 Å². The first-order chi connectivity index (χ1) is 11.5. The quantitative estimate of drug-likeness (QED) is 0.767. The number of hydrogen-bond acceptors (Lipinski definition) is 2. The van der Waals surface area contributed by atoms with Gasteiger partial charge in [0.2, 0.25) is 5.91 Å².